The number of benzene rings is 2. The van der Waals surface area contributed by atoms with Gasteiger partial charge in [0.25, 0.3) is 5.91 Å². The van der Waals surface area contributed by atoms with E-state index >= 15 is 0 Å². The van der Waals surface area contributed by atoms with Gasteiger partial charge in [-0.3, -0.25) is 14.5 Å². The quantitative estimate of drug-likeness (QED) is 0.311. The van der Waals surface area contributed by atoms with E-state index in [1.165, 1.54) is 19.2 Å². The summed E-state index contributed by atoms with van der Waals surface area (Å²) in [5.74, 6) is -3.88. The molecule has 2 aromatic carbocycles. The zero-order valence-corrected chi connectivity index (χ0v) is 19.4. The van der Waals surface area contributed by atoms with Crippen molar-refractivity contribution in [1.82, 2.24) is 10.2 Å². The normalized spacial score (nSPS) is 16.8. The molecule has 1 heterocycles. The van der Waals surface area contributed by atoms with Crippen LogP contribution in [-0.4, -0.2) is 76.3 Å². The predicted molar refractivity (Wildman–Crippen MR) is 127 cm³/mol. The van der Waals surface area contributed by atoms with Gasteiger partial charge in [-0.25, -0.2) is 4.79 Å². The smallest absolute Gasteiger partial charge is 0.475 e. The molecule has 0 aromatic heterocycles. The molecule has 0 spiro atoms. The SMILES string of the molecule is COc1c(CC(NC(=O)c2ccc(CN3CCCC(C(=O)O)C3)cc2)B(O)O)cccc1C(=O)O. The van der Waals surface area contributed by atoms with Crippen LogP contribution in [-0.2, 0) is 17.8 Å². The van der Waals surface area contributed by atoms with Crippen LogP contribution in [0.15, 0.2) is 42.5 Å². The predicted octanol–water partition coefficient (Wildman–Crippen LogP) is 1.04. The molecule has 0 saturated carbocycles. The highest BCUT2D eigenvalue weighted by atomic mass is 16.5. The number of likely N-dealkylation sites (tertiary alicyclic amines) is 1. The molecule has 1 fully saturated rings. The molecule has 0 bridgehead atoms. The third-order valence-corrected chi connectivity index (χ3v) is 6.12. The number of carbonyl (C=O) groups excluding carboxylic acids is 1. The van der Waals surface area contributed by atoms with Crippen LogP contribution in [0.1, 0.15) is 44.7 Å². The third-order valence-electron chi connectivity index (χ3n) is 6.12. The molecule has 2 aromatic rings. The lowest BCUT2D eigenvalue weighted by molar-refractivity contribution is -0.143. The zero-order valence-electron chi connectivity index (χ0n) is 19.4. The molecule has 1 amide bonds. The van der Waals surface area contributed by atoms with Crippen LogP contribution in [0.25, 0.3) is 0 Å². The molecule has 11 heteroatoms. The highest BCUT2D eigenvalue weighted by Crippen LogP contribution is 2.25. The number of nitrogens with zero attached hydrogens (tertiary/aromatic N) is 1. The van der Waals surface area contributed by atoms with Gasteiger partial charge in [0.1, 0.15) is 11.3 Å². The molecule has 186 valence electrons. The highest BCUT2D eigenvalue weighted by molar-refractivity contribution is 6.43. The van der Waals surface area contributed by atoms with Crippen LogP contribution < -0.4 is 10.1 Å². The Kier molecular flexibility index (Phi) is 8.86. The van der Waals surface area contributed by atoms with E-state index in [1.54, 1.807) is 30.3 Å². The summed E-state index contributed by atoms with van der Waals surface area (Å²) < 4.78 is 5.21. The number of carboxylic acid groups (broad SMARTS) is 2. The van der Waals surface area contributed by atoms with E-state index < -0.39 is 30.9 Å². The van der Waals surface area contributed by atoms with Crippen molar-refractivity contribution >= 4 is 25.0 Å². The third kappa shape index (κ3) is 6.81. The summed E-state index contributed by atoms with van der Waals surface area (Å²) in [6.45, 7) is 1.87. The average Bonchev–Trinajstić information content (AvgIpc) is 2.83. The van der Waals surface area contributed by atoms with Crippen molar-refractivity contribution in [2.24, 2.45) is 5.92 Å². The Morgan fingerprint density at radius 2 is 1.86 bits per heavy atom. The van der Waals surface area contributed by atoms with Gasteiger partial charge in [-0.15, -0.1) is 0 Å². The number of hydrogen-bond acceptors (Lipinski definition) is 7. The second-order valence-corrected chi connectivity index (χ2v) is 8.61. The van der Waals surface area contributed by atoms with Gasteiger partial charge >= 0.3 is 19.1 Å². The Labute approximate surface area is 203 Å². The summed E-state index contributed by atoms with van der Waals surface area (Å²) in [7, 11) is -0.570. The second-order valence-electron chi connectivity index (χ2n) is 8.61. The molecule has 2 atom stereocenters. The molecule has 2 unspecified atom stereocenters. The van der Waals surface area contributed by atoms with E-state index in [2.05, 4.69) is 10.2 Å². The molecule has 1 aliphatic heterocycles. The number of nitrogens with one attached hydrogen (secondary N) is 1. The van der Waals surface area contributed by atoms with Crippen LogP contribution >= 0.6 is 0 Å². The minimum atomic E-state index is -1.89. The van der Waals surface area contributed by atoms with Gasteiger partial charge in [0.15, 0.2) is 0 Å². The van der Waals surface area contributed by atoms with Crippen LogP contribution in [0.2, 0.25) is 0 Å². The molecule has 5 N–H and O–H groups in total. The van der Waals surface area contributed by atoms with Crippen molar-refractivity contribution in [3.05, 3.63) is 64.7 Å². The van der Waals surface area contributed by atoms with E-state index in [4.69, 9.17) is 4.74 Å². The first kappa shape index (κ1) is 26.2. The fourth-order valence-corrected chi connectivity index (χ4v) is 4.30. The van der Waals surface area contributed by atoms with Gasteiger partial charge in [-0.1, -0.05) is 24.3 Å². The van der Waals surface area contributed by atoms with E-state index in [9.17, 15) is 34.6 Å². The minimum absolute atomic E-state index is 0.0640. The number of piperidine rings is 1. The monoisotopic (exact) mass is 484 g/mol. The van der Waals surface area contributed by atoms with Crippen LogP contribution in [0.3, 0.4) is 0 Å². The maximum Gasteiger partial charge on any atom is 0.475 e. The van der Waals surface area contributed by atoms with E-state index in [0.29, 0.717) is 30.6 Å². The Bertz CT molecular complexity index is 1060. The average molecular weight is 484 g/mol. The Balaban J connectivity index is 1.66. The molecule has 0 radical (unpaired) electrons. The largest absolute Gasteiger partial charge is 0.496 e. The standard InChI is InChI=1S/C24H29BN2O8/c1-35-21-17(4-2-6-19(21)24(31)32)12-20(25(33)34)26-22(28)16-9-7-15(8-10-16)13-27-11-3-5-18(14-27)23(29)30/h2,4,6-10,18,20,33-34H,3,5,11-14H2,1H3,(H,26,28)(H,29,30)(H,31,32). The van der Waals surface area contributed by atoms with Crippen molar-refractivity contribution < 1.29 is 39.4 Å². The van der Waals surface area contributed by atoms with Gasteiger partial charge in [-0.05, 0) is 55.1 Å². The molecule has 1 aliphatic rings. The number of carbonyl (C=O) groups is 3. The maximum absolute atomic E-state index is 12.8. The molecular formula is C24H29BN2O8. The van der Waals surface area contributed by atoms with E-state index in [-0.39, 0.29) is 23.7 Å². The fraction of sp³-hybridized carbons (Fsp3) is 0.375. The number of aromatic carboxylic acids is 1. The van der Waals surface area contributed by atoms with Crippen molar-refractivity contribution in [1.29, 1.82) is 0 Å². The second kappa shape index (κ2) is 11.8. The summed E-state index contributed by atoms with van der Waals surface area (Å²) in [6, 6.07) is 11.3. The summed E-state index contributed by atoms with van der Waals surface area (Å²) >= 11 is 0. The Morgan fingerprint density at radius 3 is 2.46 bits per heavy atom. The van der Waals surface area contributed by atoms with E-state index in [1.807, 2.05) is 0 Å². The Hall–Kier alpha value is -3.41. The zero-order chi connectivity index (χ0) is 25.5. The lowest BCUT2D eigenvalue weighted by Crippen LogP contribution is -2.48. The Morgan fingerprint density at radius 1 is 1.14 bits per heavy atom. The number of carboxylic acids is 2. The molecule has 1 saturated heterocycles. The number of methoxy groups -OCH3 is 1. The highest BCUT2D eigenvalue weighted by Gasteiger charge is 2.29. The first-order chi connectivity index (χ1) is 16.7. The van der Waals surface area contributed by atoms with E-state index in [0.717, 1.165) is 18.5 Å². The van der Waals surface area contributed by atoms with Gasteiger partial charge < -0.3 is 30.3 Å². The fourth-order valence-electron chi connectivity index (χ4n) is 4.30. The van der Waals surface area contributed by atoms with Crippen LogP contribution in [0.5, 0.6) is 5.75 Å². The first-order valence-corrected chi connectivity index (χ1v) is 11.3. The molecule has 10 nitrogen and oxygen atoms in total. The number of hydrogen-bond donors (Lipinski definition) is 5. The van der Waals surface area contributed by atoms with Crippen molar-refractivity contribution in [3.63, 3.8) is 0 Å². The summed E-state index contributed by atoms with van der Waals surface area (Å²) in [5.41, 5.74) is 1.58. The van der Waals surface area contributed by atoms with Gasteiger partial charge in [0.2, 0.25) is 0 Å². The van der Waals surface area contributed by atoms with Gasteiger partial charge in [-0.2, -0.15) is 0 Å². The van der Waals surface area contributed by atoms with Crippen LogP contribution in [0, 0.1) is 5.92 Å². The number of para-hydroxylation sites is 1. The number of rotatable bonds is 10. The number of aliphatic carboxylic acids is 1. The molecule has 3 rings (SSSR count). The maximum atomic E-state index is 12.8. The van der Waals surface area contributed by atoms with Crippen molar-refractivity contribution in [3.8, 4) is 5.75 Å². The van der Waals surface area contributed by atoms with Crippen molar-refractivity contribution in [2.75, 3.05) is 20.2 Å². The first-order valence-electron chi connectivity index (χ1n) is 11.3. The summed E-state index contributed by atoms with van der Waals surface area (Å²) in [4.78, 5) is 37.5. The number of amides is 1. The van der Waals surface area contributed by atoms with Gasteiger partial charge in [0.05, 0.1) is 19.0 Å². The van der Waals surface area contributed by atoms with Crippen molar-refractivity contribution in [2.45, 2.75) is 31.7 Å². The summed E-state index contributed by atoms with van der Waals surface area (Å²) in [6.07, 6.45) is 1.43. The molecule has 35 heavy (non-hydrogen) atoms. The van der Waals surface area contributed by atoms with Gasteiger partial charge in [0, 0.05) is 18.7 Å². The number of ether oxygens (including phenoxy) is 1. The molecular weight excluding hydrogens is 455 g/mol. The summed E-state index contributed by atoms with van der Waals surface area (Å²) in [5, 5.41) is 40.8. The topological polar surface area (TPSA) is 157 Å². The lowest BCUT2D eigenvalue weighted by Gasteiger charge is -2.30. The minimum Gasteiger partial charge on any atom is -0.496 e. The molecule has 0 aliphatic carbocycles. The lowest BCUT2D eigenvalue weighted by atomic mass is 9.75. The van der Waals surface area contributed by atoms with Crippen LogP contribution in [0.4, 0.5) is 0 Å².